The molecule has 0 radical (unpaired) electrons. The van der Waals surface area contributed by atoms with Crippen LogP contribution in [-0.4, -0.2) is 22.4 Å². The van der Waals surface area contributed by atoms with E-state index in [0.29, 0.717) is 23.9 Å². The maximum atomic E-state index is 12.2. The van der Waals surface area contributed by atoms with Crippen LogP contribution in [-0.2, 0) is 0 Å². The molecule has 0 unspecified atom stereocenters. The normalized spacial score (nSPS) is 10.0. The lowest BCUT2D eigenvalue weighted by molar-refractivity contribution is 0.102. The Morgan fingerprint density at radius 1 is 1.33 bits per heavy atom. The maximum absolute atomic E-state index is 12.2. The smallest absolute Gasteiger partial charge is 0.274 e. The summed E-state index contributed by atoms with van der Waals surface area (Å²) in [6.07, 6.45) is 1.70. The number of aryl methyl sites for hydroxylation is 1. The number of carbonyl (C=O) groups is 1. The topological polar surface area (TPSA) is 66.9 Å². The Hall–Kier alpha value is -2.21. The number of amides is 1. The van der Waals surface area contributed by atoms with Gasteiger partial charge in [-0.1, -0.05) is 22.0 Å². The van der Waals surface area contributed by atoms with Gasteiger partial charge >= 0.3 is 0 Å². The van der Waals surface area contributed by atoms with Crippen LogP contribution < -0.4 is 10.6 Å². The number of benzene rings is 1. The quantitative estimate of drug-likeness (QED) is 0.814. The predicted molar refractivity (Wildman–Crippen MR) is 87.6 cm³/mol. The summed E-state index contributed by atoms with van der Waals surface area (Å²) in [5, 5.41) is 5.77. The van der Waals surface area contributed by atoms with Crippen molar-refractivity contribution in [3.63, 3.8) is 0 Å². The van der Waals surface area contributed by atoms with Gasteiger partial charge in [-0.25, -0.2) is 9.97 Å². The molecular formula is C15H15BrN4O. The van der Waals surface area contributed by atoms with E-state index in [-0.39, 0.29) is 5.91 Å². The monoisotopic (exact) mass is 346 g/mol. The molecule has 0 bridgehead atoms. The van der Waals surface area contributed by atoms with Crippen molar-refractivity contribution >= 4 is 33.5 Å². The largest absolute Gasteiger partial charge is 0.351 e. The summed E-state index contributed by atoms with van der Waals surface area (Å²) in [4.78, 5) is 20.6. The van der Waals surface area contributed by atoms with Gasteiger partial charge in [-0.2, -0.15) is 0 Å². The van der Waals surface area contributed by atoms with Crippen LogP contribution in [0.3, 0.4) is 0 Å². The highest BCUT2D eigenvalue weighted by Gasteiger charge is 2.10. The molecule has 0 atom stereocenters. The number of nitrogens with zero attached hydrogens (tertiary/aromatic N) is 2. The number of nitrogens with one attached hydrogen (secondary N) is 2. The molecule has 0 aliphatic rings. The predicted octanol–water partition coefficient (Wildman–Crippen LogP) is 3.40. The molecule has 1 amide bonds. The first-order valence-electron chi connectivity index (χ1n) is 6.36. The van der Waals surface area contributed by atoms with Crippen molar-refractivity contribution in [1.29, 1.82) is 0 Å². The van der Waals surface area contributed by atoms with Crippen LogP contribution in [0.2, 0.25) is 0 Å². The fourth-order valence-corrected chi connectivity index (χ4v) is 1.92. The first-order valence-corrected chi connectivity index (χ1v) is 7.15. The minimum Gasteiger partial charge on any atom is -0.351 e. The van der Waals surface area contributed by atoms with Crippen LogP contribution in [0.1, 0.15) is 16.2 Å². The molecule has 0 saturated heterocycles. The second-order valence-electron chi connectivity index (χ2n) is 4.35. The first-order chi connectivity index (χ1) is 10.1. The van der Waals surface area contributed by atoms with E-state index in [1.54, 1.807) is 12.1 Å². The molecule has 21 heavy (non-hydrogen) atoms. The van der Waals surface area contributed by atoms with Gasteiger partial charge in [0.1, 0.15) is 5.69 Å². The zero-order chi connectivity index (χ0) is 15.2. The molecule has 5 nitrogen and oxygen atoms in total. The Balaban J connectivity index is 2.16. The van der Waals surface area contributed by atoms with Gasteiger partial charge in [0, 0.05) is 22.4 Å². The fourth-order valence-electron chi connectivity index (χ4n) is 1.66. The van der Waals surface area contributed by atoms with Gasteiger partial charge in [0.2, 0.25) is 5.95 Å². The van der Waals surface area contributed by atoms with Crippen LogP contribution >= 0.6 is 15.9 Å². The van der Waals surface area contributed by atoms with E-state index in [1.807, 2.05) is 31.2 Å². The summed E-state index contributed by atoms with van der Waals surface area (Å²) in [5.41, 5.74) is 1.74. The third-order valence-electron chi connectivity index (χ3n) is 2.59. The van der Waals surface area contributed by atoms with Gasteiger partial charge in [-0.15, -0.1) is 6.58 Å². The molecule has 2 N–H and O–H groups in total. The zero-order valence-corrected chi connectivity index (χ0v) is 13.1. The van der Waals surface area contributed by atoms with Gasteiger partial charge in [0.15, 0.2) is 0 Å². The number of aromatic nitrogens is 2. The summed E-state index contributed by atoms with van der Waals surface area (Å²) in [5.74, 6) is 0.139. The Morgan fingerprint density at radius 3 is 2.71 bits per heavy atom. The zero-order valence-electron chi connectivity index (χ0n) is 11.6. The molecule has 0 spiro atoms. The van der Waals surface area contributed by atoms with Crippen LogP contribution in [0.4, 0.5) is 11.6 Å². The molecule has 108 valence electrons. The second-order valence-corrected chi connectivity index (χ2v) is 5.26. The van der Waals surface area contributed by atoms with Crippen LogP contribution in [0.25, 0.3) is 0 Å². The SMILES string of the molecule is C=CCNc1nc(C)cc(C(=O)Nc2ccc(Br)cc2)n1. The van der Waals surface area contributed by atoms with Crippen molar-refractivity contribution < 1.29 is 4.79 Å². The fraction of sp³-hybridized carbons (Fsp3) is 0.133. The third kappa shape index (κ3) is 4.39. The Morgan fingerprint density at radius 2 is 2.05 bits per heavy atom. The van der Waals surface area contributed by atoms with Crippen molar-refractivity contribution in [2.75, 3.05) is 17.2 Å². The molecule has 0 saturated carbocycles. The number of anilines is 2. The van der Waals surface area contributed by atoms with E-state index >= 15 is 0 Å². The molecule has 0 aliphatic carbocycles. The summed E-state index contributed by atoms with van der Waals surface area (Å²) >= 11 is 3.35. The molecule has 6 heteroatoms. The van der Waals surface area contributed by atoms with Gasteiger partial charge < -0.3 is 10.6 Å². The summed E-state index contributed by atoms with van der Waals surface area (Å²) in [6, 6.07) is 8.99. The lowest BCUT2D eigenvalue weighted by Gasteiger charge is -2.08. The Labute approximate surface area is 131 Å². The van der Waals surface area contributed by atoms with Crippen LogP contribution in [0.15, 0.2) is 47.5 Å². The van der Waals surface area contributed by atoms with E-state index in [2.05, 4.69) is 43.1 Å². The molecular weight excluding hydrogens is 332 g/mol. The molecule has 0 aliphatic heterocycles. The lowest BCUT2D eigenvalue weighted by atomic mass is 10.3. The lowest BCUT2D eigenvalue weighted by Crippen LogP contribution is -2.16. The second kappa shape index (κ2) is 6.99. The van der Waals surface area contributed by atoms with Crippen molar-refractivity contribution in [3.05, 3.63) is 58.8 Å². The summed E-state index contributed by atoms with van der Waals surface area (Å²) < 4.78 is 0.953. The van der Waals surface area contributed by atoms with Crippen LogP contribution in [0.5, 0.6) is 0 Å². The van der Waals surface area contributed by atoms with Crippen LogP contribution in [0, 0.1) is 6.92 Å². The highest BCUT2D eigenvalue weighted by molar-refractivity contribution is 9.10. The maximum Gasteiger partial charge on any atom is 0.274 e. The standard InChI is InChI=1S/C15H15BrN4O/c1-3-8-17-15-18-10(2)9-13(20-15)14(21)19-12-6-4-11(16)5-7-12/h3-7,9H,1,8H2,2H3,(H,19,21)(H,17,18,20). The van der Waals surface area contributed by atoms with E-state index in [1.165, 1.54) is 0 Å². The first kappa shape index (κ1) is 15.2. The van der Waals surface area contributed by atoms with E-state index in [0.717, 1.165) is 10.2 Å². The van der Waals surface area contributed by atoms with Crippen molar-refractivity contribution in [3.8, 4) is 0 Å². The molecule has 1 aromatic heterocycles. The molecule has 1 heterocycles. The number of hydrogen-bond acceptors (Lipinski definition) is 4. The summed E-state index contributed by atoms with van der Waals surface area (Å²) in [7, 11) is 0. The van der Waals surface area contributed by atoms with E-state index < -0.39 is 0 Å². The Kier molecular flexibility index (Phi) is 5.05. The van der Waals surface area contributed by atoms with Crippen molar-refractivity contribution in [2.45, 2.75) is 6.92 Å². The van der Waals surface area contributed by atoms with E-state index in [9.17, 15) is 4.79 Å². The molecule has 2 aromatic rings. The molecule has 2 rings (SSSR count). The van der Waals surface area contributed by atoms with Gasteiger partial charge in [-0.05, 0) is 37.3 Å². The van der Waals surface area contributed by atoms with Crippen molar-refractivity contribution in [1.82, 2.24) is 9.97 Å². The third-order valence-corrected chi connectivity index (χ3v) is 3.12. The van der Waals surface area contributed by atoms with Gasteiger partial charge in [0.05, 0.1) is 0 Å². The van der Waals surface area contributed by atoms with Gasteiger partial charge in [-0.3, -0.25) is 4.79 Å². The van der Waals surface area contributed by atoms with E-state index in [4.69, 9.17) is 0 Å². The average molecular weight is 347 g/mol. The molecule has 0 fully saturated rings. The summed E-state index contributed by atoms with van der Waals surface area (Å²) in [6.45, 7) is 5.97. The Bertz CT molecular complexity index is 655. The highest BCUT2D eigenvalue weighted by Crippen LogP contribution is 2.15. The number of carbonyl (C=O) groups excluding carboxylic acids is 1. The van der Waals surface area contributed by atoms with Gasteiger partial charge in [0.25, 0.3) is 5.91 Å². The highest BCUT2D eigenvalue weighted by atomic mass is 79.9. The number of rotatable bonds is 5. The minimum absolute atomic E-state index is 0.274. The van der Waals surface area contributed by atoms with Crippen molar-refractivity contribution in [2.24, 2.45) is 0 Å². The average Bonchev–Trinajstić information content (AvgIpc) is 2.47. The number of halogens is 1. The minimum atomic E-state index is -0.274. The number of hydrogen-bond donors (Lipinski definition) is 2. The molecule has 1 aromatic carbocycles.